The molecular weight excluding hydrogens is 152 g/mol. The van der Waals surface area contributed by atoms with Crippen molar-refractivity contribution < 1.29 is 9.47 Å². The van der Waals surface area contributed by atoms with Crippen molar-refractivity contribution in [3.8, 4) is 5.75 Å². The molecule has 1 aromatic carbocycles. The summed E-state index contributed by atoms with van der Waals surface area (Å²) in [4.78, 5) is 0. The van der Waals surface area contributed by atoms with Crippen LogP contribution >= 0.6 is 0 Å². The fourth-order valence-corrected chi connectivity index (χ4v) is 0.959. The zero-order valence-corrected chi connectivity index (χ0v) is 7.49. The highest BCUT2D eigenvalue weighted by molar-refractivity contribution is 5.20. The number of hydrogen-bond donors (Lipinski definition) is 0. The van der Waals surface area contributed by atoms with Gasteiger partial charge >= 0.3 is 0 Å². The molecular formula is C10H14O2. The second kappa shape index (κ2) is 4.78. The average molecular weight is 166 g/mol. The van der Waals surface area contributed by atoms with Crippen molar-refractivity contribution in [3.63, 3.8) is 0 Å². The molecule has 12 heavy (non-hydrogen) atoms. The smallest absolute Gasteiger partial charge is 0.196 e. The molecule has 1 atom stereocenters. The molecule has 0 aliphatic carbocycles. The molecule has 0 bridgehead atoms. The number of hydrogen-bond acceptors (Lipinski definition) is 2. The fourth-order valence-electron chi connectivity index (χ4n) is 0.959. The molecule has 0 unspecified atom stereocenters. The second-order valence-corrected chi connectivity index (χ2v) is 2.45. The van der Waals surface area contributed by atoms with E-state index in [2.05, 4.69) is 0 Å². The van der Waals surface area contributed by atoms with Gasteiger partial charge in [-0.25, -0.2) is 0 Å². The average Bonchev–Trinajstić information content (AvgIpc) is 2.06. The number of ether oxygens (including phenoxy) is 2. The summed E-state index contributed by atoms with van der Waals surface area (Å²) in [5, 5.41) is 0. The van der Waals surface area contributed by atoms with Crippen molar-refractivity contribution >= 4 is 0 Å². The van der Waals surface area contributed by atoms with Gasteiger partial charge in [-0.05, 0) is 26.0 Å². The van der Waals surface area contributed by atoms with Gasteiger partial charge in [0.15, 0.2) is 6.29 Å². The molecule has 0 radical (unpaired) electrons. The molecule has 0 aliphatic rings. The van der Waals surface area contributed by atoms with E-state index in [1.807, 2.05) is 44.2 Å². The lowest BCUT2D eigenvalue weighted by Gasteiger charge is -2.13. The topological polar surface area (TPSA) is 18.5 Å². The summed E-state index contributed by atoms with van der Waals surface area (Å²) in [5.41, 5.74) is 0. The standard InChI is InChI=1S/C10H14O2/c1-3-11-9(2)12-10-7-5-4-6-8-10/h4-9H,3H2,1-2H3/t9-/m0/s1. The summed E-state index contributed by atoms with van der Waals surface area (Å²) in [6.07, 6.45) is -0.169. The van der Waals surface area contributed by atoms with Gasteiger partial charge in [0.25, 0.3) is 0 Å². The Morgan fingerprint density at radius 1 is 1.25 bits per heavy atom. The molecule has 1 aromatic rings. The molecule has 0 aromatic heterocycles. The van der Waals surface area contributed by atoms with Crippen LogP contribution in [0.2, 0.25) is 0 Å². The maximum atomic E-state index is 5.43. The maximum absolute atomic E-state index is 5.43. The monoisotopic (exact) mass is 166 g/mol. The van der Waals surface area contributed by atoms with Crippen molar-refractivity contribution in [2.75, 3.05) is 6.61 Å². The summed E-state index contributed by atoms with van der Waals surface area (Å²) >= 11 is 0. The molecule has 0 aliphatic heterocycles. The molecule has 0 spiro atoms. The van der Waals surface area contributed by atoms with Crippen LogP contribution in [0.15, 0.2) is 30.3 Å². The molecule has 0 saturated carbocycles. The molecule has 1 rings (SSSR count). The van der Waals surface area contributed by atoms with E-state index >= 15 is 0 Å². The van der Waals surface area contributed by atoms with Gasteiger partial charge in [-0.1, -0.05) is 18.2 Å². The zero-order valence-electron chi connectivity index (χ0n) is 7.49. The van der Waals surface area contributed by atoms with Gasteiger partial charge < -0.3 is 9.47 Å². The first-order valence-electron chi connectivity index (χ1n) is 4.16. The molecule has 2 nitrogen and oxygen atoms in total. The Bertz CT molecular complexity index is 208. The Morgan fingerprint density at radius 2 is 1.92 bits per heavy atom. The maximum Gasteiger partial charge on any atom is 0.196 e. The normalized spacial score (nSPS) is 12.5. The van der Waals surface area contributed by atoms with E-state index in [0.29, 0.717) is 6.61 Å². The van der Waals surface area contributed by atoms with Gasteiger partial charge in [0.1, 0.15) is 5.75 Å². The van der Waals surface area contributed by atoms with E-state index in [1.165, 1.54) is 0 Å². The fraction of sp³-hybridized carbons (Fsp3) is 0.400. The lowest BCUT2D eigenvalue weighted by Crippen LogP contribution is -2.15. The van der Waals surface area contributed by atoms with Gasteiger partial charge in [0.2, 0.25) is 0 Å². The van der Waals surface area contributed by atoms with Crippen molar-refractivity contribution in [1.29, 1.82) is 0 Å². The van der Waals surface area contributed by atoms with E-state index in [1.54, 1.807) is 0 Å². The third-order valence-corrected chi connectivity index (χ3v) is 1.45. The number of para-hydroxylation sites is 1. The quantitative estimate of drug-likeness (QED) is 0.639. The highest BCUT2D eigenvalue weighted by Crippen LogP contribution is 2.10. The minimum absolute atomic E-state index is 0.169. The molecule has 0 N–H and O–H groups in total. The number of rotatable bonds is 4. The lowest BCUT2D eigenvalue weighted by molar-refractivity contribution is -0.0613. The summed E-state index contributed by atoms with van der Waals surface area (Å²) in [7, 11) is 0. The largest absolute Gasteiger partial charge is 0.465 e. The van der Waals surface area contributed by atoms with Crippen molar-refractivity contribution in [3.05, 3.63) is 30.3 Å². The third-order valence-electron chi connectivity index (χ3n) is 1.45. The van der Waals surface area contributed by atoms with E-state index in [4.69, 9.17) is 9.47 Å². The molecule has 2 heteroatoms. The van der Waals surface area contributed by atoms with E-state index in [-0.39, 0.29) is 6.29 Å². The second-order valence-electron chi connectivity index (χ2n) is 2.45. The minimum atomic E-state index is -0.169. The Morgan fingerprint density at radius 3 is 2.50 bits per heavy atom. The molecule has 0 heterocycles. The summed E-state index contributed by atoms with van der Waals surface area (Å²) in [6, 6.07) is 9.66. The van der Waals surface area contributed by atoms with Crippen molar-refractivity contribution in [2.45, 2.75) is 20.1 Å². The van der Waals surface area contributed by atoms with Gasteiger partial charge in [0, 0.05) is 6.61 Å². The van der Waals surface area contributed by atoms with Crippen LogP contribution in [0.5, 0.6) is 5.75 Å². The SMILES string of the molecule is CCO[C@H](C)Oc1ccccc1. The molecule has 0 amide bonds. The first kappa shape index (κ1) is 9.07. The molecule has 0 fully saturated rings. The first-order valence-corrected chi connectivity index (χ1v) is 4.16. The Kier molecular flexibility index (Phi) is 3.61. The van der Waals surface area contributed by atoms with Gasteiger partial charge in [0.05, 0.1) is 0 Å². The predicted molar refractivity (Wildman–Crippen MR) is 48.2 cm³/mol. The Labute approximate surface area is 73.1 Å². The first-order chi connectivity index (χ1) is 5.83. The summed E-state index contributed by atoms with van der Waals surface area (Å²) < 4.78 is 10.7. The van der Waals surface area contributed by atoms with Crippen LogP contribution in [-0.2, 0) is 4.74 Å². The zero-order chi connectivity index (χ0) is 8.81. The van der Waals surface area contributed by atoms with Gasteiger partial charge in [-0.3, -0.25) is 0 Å². The van der Waals surface area contributed by atoms with E-state index in [0.717, 1.165) is 5.75 Å². The molecule has 0 saturated heterocycles. The van der Waals surface area contributed by atoms with Crippen LogP contribution in [0, 0.1) is 0 Å². The van der Waals surface area contributed by atoms with Crippen LogP contribution in [0.25, 0.3) is 0 Å². The highest BCUT2D eigenvalue weighted by atomic mass is 16.7. The summed E-state index contributed by atoms with van der Waals surface area (Å²) in [6.45, 7) is 4.51. The van der Waals surface area contributed by atoms with Crippen LogP contribution in [0.4, 0.5) is 0 Å². The van der Waals surface area contributed by atoms with Crippen LogP contribution in [0.3, 0.4) is 0 Å². The Hall–Kier alpha value is -1.02. The number of benzene rings is 1. The van der Waals surface area contributed by atoms with E-state index in [9.17, 15) is 0 Å². The van der Waals surface area contributed by atoms with Crippen LogP contribution < -0.4 is 4.74 Å². The summed E-state index contributed by atoms with van der Waals surface area (Å²) in [5.74, 6) is 0.846. The van der Waals surface area contributed by atoms with E-state index < -0.39 is 0 Å². The van der Waals surface area contributed by atoms with Crippen LogP contribution in [-0.4, -0.2) is 12.9 Å². The van der Waals surface area contributed by atoms with Gasteiger partial charge in [-0.2, -0.15) is 0 Å². The van der Waals surface area contributed by atoms with Crippen molar-refractivity contribution in [1.82, 2.24) is 0 Å². The molecule has 66 valence electrons. The van der Waals surface area contributed by atoms with Crippen LogP contribution in [0.1, 0.15) is 13.8 Å². The third kappa shape index (κ3) is 2.93. The highest BCUT2D eigenvalue weighted by Gasteiger charge is 2.00. The lowest BCUT2D eigenvalue weighted by atomic mass is 10.3. The van der Waals surface area contributed by atoms with Gasteiger partial charge in [-0.15, -0.1) is 0 Å². The van der Waals surface area contributed by atoms with Crippen molar-refractivity contribution in [2.24, 2.45) is 0 Å². The Balaban J connectivity index is 2.41. The minimum Gasteiger partial charge on any atom is -0.465 e. The predicted octanol–water partition coefficient (Wildman–Crippen LogP) is 2.45.